The maximum absolute atomic E-state index is 11.5. The lowest BCUT2D eigenvalue weighted by Crippen LogP contribution is -2.25. The molecule has 8 heteroatoms. The summed E-state index contributed by atoms with van der Waals surface area (Å²) in [5.41, 5.74) is -0.647. The molecule has 0 radical (unpaired) electrons. The lowest BCUT2D eigenvalue weighted by Gasteiger charge is -1.99. The Labute approximate surface area is 91.1 Å². The van der Waals surface area contributed by atoms with E-state index in [1.807, 2.05) is 6.92 Å². The minimum atomic E-state index is -0.705. The number of carbonyl (C=O) groups excluding carboxylic acids is 1. The molecule has 0 fully saturated rings. The Kier molecular flexibility index (Phi) is 3.81. The smallest absolute Gasteiger partial charge is 0.362 e. The average Bonchev–Trinajstić information content (AvgIpc) is 2.69. The molecule has 1 aromatic rings. The number of nitrogens with zero attached hydrogens (tertiary/aromatic N) is 2. The molecule has 0 spiro atoms. The molecule has 2 N–H and O–H groups in total. The van der Waals surface area contributed by atoms with Gasteiger partial charge in [0.05, 0.1) is 12.0 Å². The second-order valence-corrected chi connectivity index (χ2v) is 2.97. The number of methoxy groups -OCH3 is 1. The first kappa shape index (κ1) is 12.0. The quantitative estimate of drug-likeness (QED) is 0.562. The van der Waals surface area contributed by atoms with Crippen molar-refractivity contribution >= 4 is 11.6 Å². The van der Waals surface area contributed by atoms with Gasteiger partial charge in [0.25, 0.3) is 5.91 Å². The number of hydrogen-bond acceptors (Lipinski definition) is 5. The van der Waals surface area contributed by atoms with Crippen molar-refractivity contribution in [1.82, 2.24) is 15.5 Å². The summed E-state index contributed by atoms with van der Waals surface area (Å²) in [5, 5.41) is 19.1. The lowest BCUT2D eigenvalue weighted by molar-refractivity contribution is -0.386. The van der Waals surface area contributed by atoms with Crippen molar-refractivity contribution in [1.29, 1.82) is 0 Å². The number of amides is 1. The third kappa shape index (κ3) is 2.27. The van der Waals surface area contributed by atoms with E-state index in [1.165, 1.54) is 7.11 Å². The Morgan fingerprint density at radius 2 is 2.38 bits per heavy atom. The van der Waals surface area contributed by atoms with Gasteiger partial charge < -0.3 is 10.1 Å². The zero-order valence-corrected chi connectivity index (χ0v) is 8.94. The van der Waals surface area contributed by atoms with Gasteiger partial charge in [-0.05, 0) is 6.42 Å². The molecule has 88 valence electrons. The highest BCUT2D eigenvalue weighted by Crippen LogP contribution is 2.27. The number of aromatic amines is 1. The van der Waals surface area contributed by atoms with Crippen LogP contribution in [-0.4, -0.2) is 34.7 Å². The van der Waals surface area contributed by atoms with Crippen LogP contribution in [0, 0.1) is 10.1 Å². The van der Waals surface area contributed by atoms with E-state index in [0.29, 0.717) is 6.54 Å². The van der Waals surface area contributed by atoms with E-state index >= 15 is 0 Å². The van der Waals surface area contributed by atoms with Gasteiger partial charge >= 0.3 is 11.6 Å². The van der Waals surface area contributed by atoms with Crippen LogP contribution in [0.5, 0.6) is 5.88 Å². The molecule has 1 aromatic heterocycles. The van der Waals surface area contributed by atoms with Crippen molar-refractivity contribution in [2.45, 2.75) is 13.3 Å². The zero-order valence-electron chi connectivity index (χ0n) is 8.94. The number of rotatable bonds is 5. The molecule has 8 nitrogen and oxygen atoms in total. The number of carbonyl (C=O) groups is 1. The first-order valence-corrected chi connectivity index (χ1v) is 4.66. The van der Waals surface area contributed by atoms with Gasteiger partial charge in [-0.1, -0.05) is 6.92 Å². The summed E-state index contributed by atoms with van der Waals surface area (Å²) in [6.45, 7) is 2.32. The second kappa shape index (κ2) is 5.10. The van der Waals surface area contributed by atoms with Gasteiger partial charge in [0, 0.05) is 6.54 Å². The van der Waals surface area contributed by atoms with E-state index in [0.717, 1.165) is 6.42 Å². The summed E-state index contributed by atoms with van der Waals surface area (Å²) in [6.07, 6.45) is 0.741. The Morgan fingerprint density at radius 1 is 1.69 bits per heavy atom. The molecular weight excluding hydrogens is 216 g/mol. The molecule has 1 amide bonds. The van der Waals surface area contributed by atoms with Crippen LogP contribution in [0.15, 0.2) is 0 Å². The van der Waals surface area contributed by atoms with Crippen LogP contribution < -0.4 is 10.1 Å². The van der Waals surface area contributed by atoms with Crippen molar-refractivity contribution in [2.24, 2.45) is 0 Å². The van der Waals surface area contributed by atoms with E-state index < -0.39 is 16.5 Å². The molecule has 16 heavy (non-hydrogen) atoms. The third-order valence-electron chi connectivity index (χ3n) is 1.85. The summed E-state index contributed by atoms with van der Waals surface area (Å²) < 4.78 is 4.68. The van der Waals surface area contributed by atoms with Crippen molar-refractivity contribution < 1.29 is 14.5 Å². The van der Waals surface area contributed by atoms with Crippen LogP contribution in [0.3, 0.4) is 0 Å². The summed E-state index contributed by atoms with van der Waals surface area (Å²) in [6, 6.07) is 0. The molecular formula is C8H12N4O4. The molecule has 1 heterocycles. The lowest BCUT2D eigenvalue weighted by atomic mass is 10.3. The normalized spacial score (nSPS) is 9.88. The molecule has 0 unspecified atom stereocenters. The highest BCUT2D eigenvalue weighted by atomic mass is 16.6. The number of nitro groups is 1. The van der Waals surface area contributed by atoms with Crippen LogP contribution in [-0.2, 0) is 0 Å². The Morgan fingerprint density at radius 3 is 2.88 bits per heavy atom. The van der Waals surface area contributed by atoms with E-state index in [9.17, 15) is 14.9 Å². The topological polar surface area (TPSA) is 110 Å². The average molecular weight is 228 g/mol. The van der Waals surface area contributed by atoms with Gasteiger partial charge in [-0.25, -0.2) is 0 Å². The molecule has 0 atom stereocenters. The molecule has 0 bridgehead atoms. The minimum absolute atomic E-state index is 0.199. The zero-order chi connectivity index (χ0) is 12.1. The van der Waals surface area contributed by atoms with Crippen molar-refractivity contribution in [2.75, 3.05) is 13.7 Å². The minimum Gasteiger partial charge on any atom is -0.475 e. The van der Waals surface area contributed by atoms with Gasteiger partial charge in [-0.15, -0.1) is 5.10 Å². The standard InChI is InChI=1S/C8H12N4O4/c1-3-4-9-7(13)5-6(12(14)15)8(16-2)11-10-5/h3-4H2,1-2H3,(H,9,13)(H,10,11). The molecule has 0 saturated heterocycles. The van der Waals surface area contributed by atoms with Crippen molar-refractivity contribution in [3.63, 3.8) is 0 Å². The number of hydrogen-bond donors (Lipinski definition) is 2. The molecule has 0 aliphatic heterocycles. The summed E-state index contributed by atoms with van der Waals surface area (Å²) >= 11 is 0. The maximum Gasteiger partial charge on any atom is 0.362 e. The fourth-order valence-corrected chi connectivity index (χ4v) is 1.12. The summed E-state index contributed by atoms with van der Waals surface area (Å²) in [4.78, 5) is 21.5. The molecule has 0 saturated carbocycles. The molecule has 0 aliphatic carbocycles. The van der Waals surface area contributed by atoms with Crippen molar-refractivity contribution in [3.05, 3.63) is 15.8 Å². The van der Waals surface area contributed by atoms with Gasteiger partial charge in [0.1, 0.15) is 0 Å². The summed E-state index contributed by atoms with van der Waals surface area (Å²) in [5.74, 6) is -0.768. The third-order valence-corrected chi connectivity index (χ3v) is 1.85. The predicted octanol–water partition coefficient (Wildman–Crippen LogP) is 0.466. The highest BCUT2D eigenvalue weighted by molar-refractivity contribution is 5.97. The largest absolute Gasteiger partial charge is 0.475 e. The van der Waals surface area contributed by atoms with Crippen LogP contribution in [0.2, 0.25) is 0 Å². The Hall–Kier alpha value is -2.12. The van der Waals surface area contributed by atoms with E-state index in [-0.39, 0.29) is 11.6 Å². The highest BCUT2D eigenvalue weighted by Gasteiger charge is 2.29. The maximum atomic E-state index is 11.5. The van der Waals surface area contributed by atoms with Crippen LogP contribution in [0.25, 0.3) is 0 Å². The van der Waals surface area contributed by atoms with E-state index in [2.05, 4.69) is 20.3 Å². The van der Waals surface area contributed by atoms with Gasteiger partial charge in [0.15, 0.2) is 0 Å². The van der Waals surface area contributed by atoms with Gasteiger partial charge in [-0.3, -0.25) is 20.0 Å². The first-order chi connectivity index (χ1) is 7.61. The van der Waals surface area contributed by atoms with Crippen LogP contribution >= 0.6 is 0 Å². The van der Waals surface area contributed by atoms with Crippen molar-refractivity contribution in [3.8, 4) is 5.88 Å². The second-order valence-electron chi connectivity index (χ2n) is 2.97. The fourth-order valence-electron chi connectivity index (χ4n) is 1.12. The van der Waals surface area contributed by atoms with Crippen LogP contribution in [0.4, 0.5) is 5.69 Å². The molecule has 0 aromatic carbocycles. The van der Waals surface area contributed by atoms with Gasteiger partial charge in [-0.2, -0.15) is 0 Å². The van der Waals surface area contributed by atoms with E-state index in [4.69, 9.17) is 0 Å². The van der Waals surface area contributed by atoms with Gasteiger partial charge in [0.2, 0.25) is 5.69 Å². The summed E-state index contributed by atoms with van der Waals surface area (Å²) in [7, 11) is 1.25. The number of aromatic nitrogens is 2. The van der Waals surface area contributed by atoms with Crippen LogP contribution in [0.1, 0.15) is 23.8 Å². The first-order valence-electron chi connectivity index (χ1n) is 4.66. The monoisotopic (exact) mass is 228 g/mol. The van der Waals surface area contributed by atoms with E-state index in [1.54, 1.807) is 0 Å². The predicted molar refractivity (Wildman–Crippen MR) is 54.4 cm³/mol. The SMILES string of the molecule is CCCNC(=O)c1[nH]nc(OC)c1[N+](=O)[O-]. The molecule has 0 aliphatic rings. The Balaban J connectivity index is 2.99. The number of H-pyrrole nitrogens is 1. The Bertz CT molecular complexity index is 401. The fraction of sp³-hybridized carbons (Fsp3) is 0.500. The molecule has 1 rings (SSSR count). The number of ether oxygens (including phenoxy) is 1. The number of nitrogens with one attached hydrogen (secondary N) is 2.